The maximum atomic E-state index is 12.8. The van der Waals surface area contributed by atoms with Crippen molar-refractivity contribution in [1.29, 1.82) is 0 Å². The molecule has 0 atom stereocenters. The van der Waals surface area contributed by atoms with Crippen molar-refractivity contribution in [1.82, 2.24) is 20.3 Å². The number of aromatic amines is 3. The second-order valence-corrected chi connectivity index (χ2v) is 7.62. The third kappa shape index (κ3) is 5.03. The van der Waals surface area contributed by atoms with Crippen LogP contribution in [0.5, 0.6) is 0 Å². The van der Waals surface area contributed by atoms with Gasteiger partial charge in [0.2, 0.25) is 0 Å². The van der Waals surface area contributed by atoms with Crippen molar-refractivity contribution in [2.45, 2.75) is 20.8 Å². The van der Waals surface area contributed by atoms with Gasteiger partial charge < -0.3 is 48.1 Å². The largest absolute Gasteiger partial charge is 0.397 e. The Labute approximate surface area is 195 Å². The van der Waals surface area contributed by atoms with E-state index in [9.17, 15) is 14.4 Å². The van der Waals surface area contributed by atoms with Crippen LogP contribution in [-0.4, -0.2) is 51.7 Å². The Morgan fingerprint density at radius 3 is 1.74 bits per heavy atom. The molecule has 180 valence electrons. The fourth-order valence-electron chi connectivity index (χ4n) is 3.28. The quantitative estimate of drug-likeness (QED) is 0.131. The summed E-state index contributed by atoms with van der Waals surface area (Å²) in [5, 5.41) is 8.21. The number of hydrogen-bond donors (Lipinski definition) is 9. The maximum absolute atomic E-state index is 12.8. The molecular weight excluding hydrogens is 440 g/mol. The number of amides is 3. The molecule has 3 amide bonds. The second kappa shape index (κ2) is 9.85. The molecule has 0 radical (unpaired) electrons. The second-order valence-electron chi connectivity index (χ2n) is 7.62. The molecule has 0 saturated heterocycles. The van der Waals surface area contributed by atoms with E-state index in [2.05, 4.69) is 35.9 Å². The Bertz CT molecular complexity index is 1260. The van der Waals surface area contributed by atoms with Crippen molar-refractivity contribution in [3.63, 3.8) is 0 Å². The van der Waals surface area contributed by atoms with Gasteiger partial charge in [-0.2, -0.15) is 0 Å². The zero-order valence-electron chi connectivity index (χ0n) is 19.1. The van der Waals surface area contributed by atoms with Crippen molar-refractivity contribution in [2.24, 2.45) is 16.5 Å². The third-order valence-corrected chi connectivity index (χ3v) is 5.33. The smallest absolute Gasteiger partial charge is 0.272 e. The summed E-state index contributed by atoms with van der Waals surface area (Å²) in [5.41, 5.74) is 20.3. The molecule has 34 heavy (non-hydrogen) atoms. The van der Waals surface area contributed by atoms with E-state index in [-0.39, 0.29) is 36.6 Å². The number of anilines is 3. The van der Waals surface area contributed by atoms with Gasteiger partial charge in [-0.25, -0.2) is 0 Å². The Balaban J connectivity index is 1.66. The minimum atomic E-state index is -0.430. The van der Waals surface area contributed by atoms with Gasteiger partial charge in [0.25, 0.3) is 17.7 Å². The lowest BCUT2D eigenvalue weighted by molar-refractivity contribution is 0.0948. The highest BCUT2D eigenvalue weighted by Gasteiger charge is 2.21. The van der Waals surface area contributed by atoms with Crippen molar-refractivity contribution in [3.05, 3.63) is 52.4 Å². The van der Waals surface area contributed by atoms with Crippen LogP contribution < -0.4 is 33.2 Å². The highest BCUT2D eigenvalue weighted by molar-refractivity contribution is 6.09. The fraction of sp³-hybridized carbons (Fsp3) is 0.238. The minimum Gasteiger partial charge on any atom is -0.397 e. The lowest BCUT2D eigenvalue weighted by Crippen LogP contribution is -2.29. The lowest BCUT2D eigenvalue weighted by atomic mass is 10.2. The molecule has 0 spiro atoms. The normalized spacial score (nSPS) is 10.6. The number of H-pyrrole nitrogens is 3. The van der Waals surface area contributed by atoms with Crippen LogP contribution in [0.15, 0.2) is 23.6 Å². The predicted molar refractivity (Wildman–Crippen MR) is 130 cm³/mol. The fourth-order valence-corrected chi connectivity index (χ4v) is 3.28. The number of carbonyl (C=O) groups is 3. The summed E-state index contributed by atoms with van der Waals surface area (Å²) in [6.07, 6.45) is 4.60. The predicted octanol–water partition coefficient (Wildman–Crippen LogP) is 0.686. The molecule has 0 saturated carbocycles. The van der Waals surface area contributed by atoms with Crippen LogP contribution in [0.1, 0.15) is 48.2 Å². The Hall–Kier alpha value is -4.68. The van der Waals surface area contributed by atoms with Gasteiger partial charge in [0, 0.05) is 41.8 Å². The molecule has 0 bridgehead atoms. The summed E-state index contributed by atoms with van der Waals surface area (Å²) >= 11 is 0. The molecular formula is C21H28N10O3. The average Bonchev–Trinajstić information content (AvgIpc) is 3.43. The van der Waals surface area contributed by atoms with E-state index in [1.807, 2.05) is 0 Å². The average molecular weight is 469 g/mol. The first kappa shape index (κ1) is 24.0. The van der Waals surface area contributed by atoms with Crippen LogP contribution >= 0.6 is 0 Å². The first-order chi connectivity index (χ1) is 16.1. The highest BCUT2D eigenvalue weighted by Crippen LogP contribution is 2.24. The van der Waals surface area contributed by atoms with Gasteiger partial charge in [-0.05, 0) is 20.8 Å². The van der Waals surface area contributed by atoms with E-state index in [0.717, 1.165) is 0 Å². The van der Waals surface area contributed by atoms with Crippen molar-refractivity contribution >= 4 is 40.7 Å². The van der Waals surface area contributed by atoms with E-state index >= 15 is 0 Å². The summed E-state index contributed by atoms with van der Waals surface area (Å²) in [6, 6.07) is 0. The van der Waals surface area contributed by atoms with Crippen LogP contribution in [0.4, 0.5) is 17.1 Å². The Kier molecular flexibility index (Phi) is 6.95. The number of aromatic nitrogens is 3. The monoisotopic (exact) mass is 468 g/mol. The number of aliphatic imine (C=N–C) groups is 1. The summed E-state index contributed by atoms with van der Waals surface area (Å²) in [5.74, 6) is -1.22. The Morgan fingerprint density at radius 2 is 1.26 bits per heavy atom. The van der Waals surface area contributed by atoms with Crippen molar-refractivity contribution in [2.75, 3.05) is 29.5 Å². The van der Waals surface area contributed by atoms with Crippen LogP contribution in [0.25, 0.3) is 0 Å². The summed E-state index contributed by atoms with van der Waals surface area (Å²) in [4.78, 5) is 50.1. The van der Waals surface area contributed by atoms with Gasteiger partial charge in [-0.1, -0.05) is 0 Å². The number of hydrogen-bond acceptors (Lipinski definition) is 5. The number of nitrogens with zero attached hydrogens (tertiary/aromatic N) is 1. The summed E-state index contributed by atoms with van der Waals surface area (Å²) < 4.78 is 0. The minimum absolute atomic E-state index is 0.0539. The molecule has 0 aliphatic rings. The first-order valence-corrected chi connectivity index (χ1v) is 10.4. The van der Waals surface area contributed by atoms with Crippen LogP contribution in [0.2, 0.25) is 0 Å². The van der Waals surface area contributed by atoms with Crippen LogP contribution in [-0.2, 0) is 0 Å². The topological polar surface area (TPSA) is 225 Å². The maximum Gasteiger partial charge on any atom is 0.272 e. The number of guanidine groups is 1. The number of nitrogen functional groups attached to an aromatic ring is 1. The Morgan fingerprint density at radius 1 is 0.794 bits per heavy atom. The molecule has 0 unspecified atom stereocenters. The van der Waals surface area contributed by atoms with Crippen LogP contribution in [0, 0.1) is 20.8 Å². The zero-order chi connectivity index (χ0) is 25.0. The van der Waals surface area contributed by atoms with Gasteiger partial charge in [0.1, 0.15) is 17.1 Å². The van der Waals surface area contributed by atoms with Gasteiger partial charge >= 0.3 is 0 Å². The zero-order valence-corrected chi connectivity index (χ0v) is 19.1. The molecule has 0 fully saturated rings. The number of nitrogens with two attached hydrogens (primary N) is 3. The van der Waals surface area contributed by atoms with Crippen molar-refractivity contribution in [3.8, 4) is 0 Å². The van der Waals surface area contributed by atoms with E-state index in [1.165, 1.54) is 12.4 Å². The first-order valence-electron chi connectivity index (χ1n) is 10.4. The number of nitrogens with one attached hydrogen (secondary N) is 6. The number of carbonyl (C=O) groups excluding carboxylic acids is 3. The highest BCUT2D eigenvalue weighted by atomic mass is 16.2. The summed E-state index contributed by atoms with van der Waals surface area (Å²) in [7, 11) is 0. The van der Waals surface area contributed by atoms with E-state index in [0.29, 0.717) is 45.1 Å². The van der Waals surface area contributed by atoms with E-state index in [1.54, 1.807) is 27.0 Å². The third-order valence-electron chi connectivity index (χ3n) is 5.33. The van der Waals surface area contributed by atoms with Crippen LogP contribution in [0.3, 0.4) is 0 Å². The van der Waals surface area contributed by atoms with E-state index < -0.39 is 5.91 Å². The molecule has 3 rings (SSSR count). The molecule has 0 aliphatic carbocycles. The molecule has 13 heteroatoms. The van der Waals surface area contributed by atoms with Crippen molar-refractivity contribution < 1.29 is 14.4 Å². The lowest BCUT2D eigenvalue weighted by Gasteiger charge is -2.07. The molecule has 0 aliphatic heterocycles. The van der Waals surface area contributed by atoms with Gasteiger partial charge in [-0.3, -0.25) is 19.4 Å². The standard InChI is InChI=1S/C21H28N10O3/c1-9-12(22)6-27-15(9)19(33)30-14-8-29-17(11(14)3)20(34)31-13-7-28-16(10(13)2)18(32)25-4-5-26-21(23)24/h6-8,27-29H,4-5,22H2,1-3H3,(H,25,32)(H,30,33)(H,31,34)(H4,23,24,26). The molecule has 13 nitrogen and oxygen atoms in total. The molecule has 12 N–H and O–H groups in total. The SMILES string of the molecule is Cc1c(N)c[nH]c1C(=O)Nc1c[nH]c(C(=O)Nc2c[nH]c(C(=O)NCCN=C(N)N)c2C)c1C. The molecule has 3 aromatic rings. The molecule has 3 heterocycles. The van der Waals surface area contributed by atoms with Gasteiger partial charge in [0.05, 0.1) is 23.6 Å². The van der Waals surface area contributed by atoms with E-state index in [4.69, 9.17) is 17.2 Å². The number of rotatable bonds is 8. The molecule has 0 aromatic carbocycles. The van der Waals surface area contributed by atoms with Gasteiger partial charge in [0.15, 0.2) is 5.96 Å². The van der Waals surface area contributed by atoms with Gasteiger partial charge in [-0.15, -0.1) is 0 Å². The summed E-state index contributed by atoms with van der Waals surface area (Å²) in [6.45, 7) is 5.65. The molecule has 3 aromatic heterocycles.